The molecule has 1 aliphatic rings. The first kappa shape index (κ1) is 28.1. The average Bonchev–Trinajstić information content (AvgIpc) is 2.97. The number of methoxy groups -OCH3 is 1. The summed E-state index contributed by atoms with van der Waals surface area (Å²) in [4.78, 5) is 41.1. The summed E-state index contributed by atoms with van der Waals surface area (Å²) in [7, 11) is 1.20. The molecule has 0 amide bonds. The van der Waals surface area contributed by atoms with Crippen molar-refractivity contribution in [2.45, 2.75) is 24.9 Å². The first-order chi connectivity index (χ1) is 19.8. The van der Waals surface area contributed by atoms with E-state index in [2.05, 4.69) is 4.98 Å². The van der Waals surface area contributed by atoms with Crippen molar-refractivity contribution in [3.63, 3.8) is 0 Å². The number of ether oxygens (including phenoxy) is 2. The molecule has 1 aromatic heterocycles. The fourth-order valence-corrected chi connectivity index (χ4v) is 5.49. The molecule has 1 N–H and O–H groups in total. The highest BCUT2D eigenvalue weighted by atomic mass is 35.5. The molecule has 41 heavy (non-hydrogen) atoms. The number of aromatic amines is 1. The zero-order chi connectivity index (χ0) is 29.1. The van der Waals surface area contributed by atoms with Crippen molar-refractivity contribution in [1.82, 2.24) is 4.98 Å². The summed E-state index contributed by atoms with van der Waals surface area (Å²) >= 11 is 6.66. The fourth-order valence-electron chi connectivity index (χ4n) is 5.17. The smallest absolute Gasteiger partial charge is 0.323 e. The first-order valence-corrected chi connectivity index (χ1v) is 13.5. The van der Waals surface area contributed by atoms with Crippen LogP contribution in [0.4, 0.5) is 4.39 Å². The van der Waals surface area contributed by atoms with Crippen molar-refractivity contribution < 1.29 is 23.5 Å². The molecule has 0 aliphatic heterocycles. The van der Waals surface area contributed by atoms with Gasteiger partial charge < -0.3 is 14.5 Å². The van der Waals surface area contributed by atoms with E-state index in [4.69, 9.17) is 21.1 Å². The summed E-state index contributed by atoms with van der Waals surface area (Å²) in [6.07, 6.45) is 2.85. The first-order valence-electron chi connectivity index (χ1n) is 13.1. The van der Waals surface area contributed by atoms with Gasteiger partial charge in [0.2, 0.25) is 0 Å². The maximum atomic E-state index is 16.2. The van der Waals surface area contributed by atoms with E-state index in [1.165, 1.54) is 25.3 Å². The number of rotatable bonds is 7. The van der Waals surface area contributed by atoms with Crippen LogP contribution in [0.25, 0.3) is 27.6 Å². The van der Waals surface area contributed by atoms with E-state index in [9.17, 15) is 14.4 Å². The van der Waals surface area contributed by atoms with Crippen LogP contribution in [0.2, 0.25) is 5.02 Å². The Kier molecular flexibility index (Phi) is 7.90. The van der Waals surface area contributed by atoms with Gasteiger partial charge in [0.1, 0.15) is 11.6 Å². The lowest BCUT2D eigenvalue weighted by Gasteiger charge is -2.34. The number of fused-ring (bicyclic) bond motifs is 1. The van der Waals surface area contributed by atoms with Crippen LogP contribution in [0.5, 0.6) is 0 Å². The number of alkyl halides is 1. The van der Waals surface area contributed by atoms with E-state index < -0.39 is 17.6 Å². The number of H-pyrrole nitrogens is 1. The Labute approximate surface area is 241 Å². The second kappa shape index (κ2) is 11.6. The normalized spacial score (nSPS) is 18.1. The number of carbonyl (C=O) groups is 2. The monoisotopic (exact) mass is 571 g/mol. The molecular formula is C33H27ClFNO5. The number of nitrogens with one attached hydrogen (secondary N) is 1. The number of aromatic nitrogens is 1. The molecule has 5 rings (SSSR count). The molecule has 8 heteroatoms. The van der Waals surface area contributed by atoms with Gasteiger partial charge in [0.05, 0.1) is 20.1 Å². The van der Waals surface area contributed by atoms with Gasteiger partial charge in [-0.2, -0.15) is 0 Å². The van der Waals surface area contributed by atoms with Gasteiger partial charge in [-0.25, -0.2) is 4.39 Å². The molecule has 2 unspecified atom stereocenters. The minimum Gasteiger partial charge on any atom is -0.468 e. The third-order valence-electron chi connectivity index (χ3n) is 7.19. The summed E-state index contributed by atoms with van der Waals surface area (Å²) in [6.45, 7) is 2.01. The lowest BCUT2D eigenvalue weighted by Crippen LogP contribution is -2.44. The van der Waals surface area contributed by atoms with Gasteiger partial charge in [0, 0.05) is 16.1 Å². The number of halogens is 2. The number of hydrogen-bond acceptors (Lipinski definition) is 5. The number of carbonyl (C=O) groups excluding carboxylic acids is 2. The van der Waals surface area contributed by atoms with Gasteiger partial charge in [0.25, 0.3) is 5.56 Å². The number of pyridine rings is 1. The van der Waals surface area contributed by atoms with Gasteiger partial charge in [-0.05, 0) is 64.4 Å². The molecule has 0 saturated carbocycles. The standard InChI is InChI=1S/C33H27ClFNO5/c1-3-41-30(37)15-20-8-7-11-23(14-20)25-16-24-17-26(27(34)19-28(24)36-31(25)38)33(32(39)40-2)13-12-22(18-29(33)35)21-9-5-4-6-10-21/h4-14,16-19,29H,3,15H2,1-2H3,(H,36,38). The van der Waals surface area contributed by atoms with Gasteiger partial charge in [0.15, 0.2) is 0 Å². The highest BCUT2D eigenvalue weighted by molar-refractivity contribution is 6.32. The van der Waals surface area contributed by atoms with E-state index in [1.54, 1.807) is 49.4 Å². The topological polar surface area (TPSA) is 85.5 Å². The van der Waals surface area contributed by atoms with Crippen LogP contribution in [0.15, 0.2) is 95.8 Å². The quantitative estimate of drug-likeness (QED) is 0.261. The molecular weight excluding hydrogens is 545 g/mol. The predicted octanol–water partition coefficient (Wildman–Crippen LogP) is 6.36. The van der Waals surface area contributed by atoms with Gasteiger partial charge in [-0.1, -0.05) is 78.4 Å². The lowest BCUT2D eigenvalue weighted by molar-refractivity contribution is -0.147. The Morgan fingerprint density at radius 1 is 1.02 bits per heavy atom. The van der Waals surface area contributed by atoms with E-state index in [1.807, 2.05) is 30.3 Å². The maximum absolute atomic E-state index is 16.2. The van der Waals surface area contributed by atoms with E-state index >= 15 is 4.39 Å². The van der Waals surface area contributed by atoms with E-state index in [0.717, 1.165) is 5.56 Å². The molecule has 0 fully saturated rings. The second-order valence-corrected chi connectivity index (χ2v) is 10.1. The van der Waals surface area contributed by atoms with Crippen LogP contribution in [-0.4, -0.2) is 36.8 Å². The van der Waals surface area contributed by atoms with E-state index in [-0.39, 0.29) is 35.1 Å². The predicted molar refractivity (Wildman–Crippen MR) is 158 cm³/mol. The summed E-state index contributed by atoms with van der Waals surface area (Å²) in [5, 5.41) is 0.642. The van der Waals surface area contributed by atoms with Crippen molar-refractivity contribution in [3.05, 3.63) is 123 Å². The Hall–Kier alpha value is -4.49. The van der Waals surface area contributed by atoms with Crippen LogP contribution >= 0.6 is 11.6 Å². The largest absolute Gasteiger partial charge is 0.468 e. The Morgan fingerprint density at radius 2 is 1.78 bits per heavy atom. The zero-order valence-electron chi connectivity index (χ0n) is 22.4. The summed E-state index contributed by atoms with van der Waals surface area (Å²) < 4.78 is 26.3. The van der Waals surface area contributed by atoms with Crippen molar-refractivity contribution in [2.24, 2.45) is 0 Å². The van der Waals surface area contributed by atoms with Gasteiger partial charge in [-0.15, -0.1) is 0 Å². The third-order valence-corrected chi connectivity index (χ3v) is 7.50. The molecule has 3 aromatic carbocycles. The molecule has 0 spiro atoms. The second-order valence-electron chi connectivity index (χ2n) is 9.70. The minimum absolute atomic E-state index is 0.0667. The molecule has 0 bridgehead atoms. The minimum atomic E-state index is -1.84. The van der Waals surface area contributed by atoms with Crippen LogP contribution in [0.1, 0.15) is 23.6 Å². The molecule has 4 aromatic rings. The summed E-state index contributed by atoms with van der Waals surface area (Å²) in [6, 6.07) is 21.1. The lowest BCUT2D eigenvalue weighted by atomic mass is 9.72. The van der Waals surface area contributed by atoms with Crippen LogP contribution in [0, 0.1) is 0 Å². The van der Waals surface area contributed by atoms with Crippen LogP contribution in [-0.2, 0) is 30.9 Å². The van der Waals surface area contributed by atoms with E-state index in [0.29, 0.717) is 33.2 Å². The number of allylic oxidation sites excluding steroid dienone is 3. The average molecular weight is 572 g/mol. The molecule has 6 nitrogen and oxygen atoms in total. The number of esters is 2. The van der Waals surface area contributed by atoms with Gasteiger partial charge in [-0.3, -0.25) is 14.4 Å². The highest BCUT2D eigenvalue weighted by Crippen LogP contribution is 2.43. The molecule has 0 saturated heterocycles. The fraction of sp³-hybridized carbons (Fsp3) is 0.182. The Balaban J connectivity index is 1.61. The van der Waals surface area contributed by atoms with Crippen molar-refractivity contribution in [2.75, 3.05) is 13.7 Å². The summed E-state index contributed by atoms with van der Waals surface area (Å²) in [5.74, 6) is -1.17. The molecule has 208 valence electrons. The Morgan fingerprint density at radius 3 is 2.49 bits per heavy atom. The SMILES string of the molecule is CCOC(=O)Cc1cccc(-c2cc3cc(C4(C(=O)OC)C=CC(c5ccccc5)=CC4F)c(Cl)cc3[nH]c2=O)c1. The third kappa shape index (κ3) is 5.33. The number of hydrogen-bond donors (Lipinski definition) is 1. The maximum Gasteiger partial charge on any atom is 0.323 e. The molecule has 1 aliphatic carbocycles. The van der Waals surface area contributed by atoms with Gasteiger partial charge >= 0.3 is 11.9 Å². The number of benzene rings is 3. The van der Waals surface area contributed by atoms with Crippen LogP contribution in [0.3, 0.4) is 0 Å². The summed E-state index contributed by atoms with van der Waals surface area (Å²) in [5.41, 5.74) is 1.48. The van der Waals surface area contributed by atoms with Crippen LogP contribution < -0.4 is 5.56 Å². The molecule has 2 atom stereocenters. The van der Waals surface area contributed by atoms with Crippen molar-refractivity contribution in [1.29, 1.82) is 0 Å². The Bertz CT molecular complexity index is 1760. The van der Waals surface area contributed by atoms with Crippen molar-refractivity contribution >= 4 is 40.0 Å². The zero-order valence-corrected chi connectivity index (χ0v) is 23.2. The highest BCUT2D eigenvalue weighted by Gasteiger charge is 2.49. The molecule has 1 heterocycles. The molecule has 0 radical (unpaired) electrons. The van der Waals surface area contributed by atoms with Crippen molar-refractivity contribution in [3.8, 4) is 11.1 Å².